The van der Waals surface area contributed by atoms with E-state index in [9.17, 15) is 0 Å². The monoisotopic (exact) mass is 225 g/mol. The van der Waals surface area contributed by atoms with Crippen molar-refractivity contribution in [1.29, 1.82) is 0 Å². The van der Waals surface area contributed by atoms with Crippen LogP contribution in [0.2, 0.25) is 0 Å². The zero-order chi connectivity index (χ0) is 10.3. The standard InChI is InChI=1S/C12H19NOS/c1-3-11(5-8-13-7-1)14-9-6-12-4-2-10-15-12/h2,4,10-11,13H,1,3,5-9H2. The Kier molecular flexibility index (Phi) is 4.64. The summed E-state index contributed by atoms with van der Waals surface area (Å²) < 4.78 is 5.90. The van der Waals surface area contributed by atoms with Gasteiger partial charge in [-0.25, -0.2) is 0 Å². The minimum atomic E-state index is 0.486. The third-order valence-corrected chi connectivity index (χ3v) is 3.74. The summed E-state index contributed by atoms with van der Waals surface area (Å²) in [6.07, 6.45) is 5.20. The first-order chi connectivity index (χ1) is 7.45. The van der Waals surface area contributed by atoms with Crippen molar-refractivity contribution in [2.24, 2.45) is 0 Å². The van der Waals surface area contributed by atoms with Crippen molar-refractivity contribution in [3.63, 3.8) is 0 Å². The van der Waals surface area contributed by atoms with E-state index in [2.05, 4.69) is 22.8 Å². The topological polar surface area (TPSA) is 21.3 Å². The Bertz CT molecular complexity index is 253. The molecular formula is C12H19NOS. The Morgan fingerprint density at radius 2 is 2.40 bits per heavy atom. The summed E-state index contributed by atoms with van der Waals surface area (Å²) in [5, 5.41) is 5.53. The highest BCUT2D eigenvalue weighted by atomic mass is 32.1. The number of hydrogen-bond acceptors (Lipinski definition) is 3. The summed E-state index contributed by atoms with van der Waals surface area (Å²) >= 11 is 1.82. The second-order valence-corrected chi connectivity index (χ2v) is 5.04. The minimum absolute atomic E-state index is 0.486. The predicted octanol–water partition coefficient (Wildman–Crippen LogP) is 2.45. The van der Waals surface area contributed by atoms with Crippen molar-refractivity contribution in [3.8, 4) is 0 Å². The molecular weight excluding hydrogens is 206 g/mol. The van der Waals surface area contributed by atoms with E-state index in [1.165, 1.54) is 24.1 Å². The molecule has 0 aromatic carbocycles. The summed E-state index contributed by atoms with van der Waals surface area (Å²) in [4.78, 5) is 1.43. The van der Waals surface area contributed by atoms with Crippen LogP contribution in [-0.4, -0.2) is 25.8 Å². The Labute approximate surface area is 95.6 Å². The molecule has 1 aliphatic rings. The maximum Gasteiger partial charge on any atom is 0.0587 e. The molecule has 0 spiro atoms. The molecule has 0 bridgehead atoms. The Balaban J connectivity index is 1.64. The zero-order valence-corrected chi connectivity index (χ0v) is 9.89. The van der Waals surface area contributed by atoms with Gasteiger partial charge in [0.25, 0.3) is 0 Å². The summed E-state index contributed by atoms with van der Waals surface area (Å²) in [5.41, 5.74) is 0. The first-order valence-corrected chi connectivity index (χ1v) is 6.68. The van der Waals surface area contributed by atoms with Crippen LogP contribution in [0.3, 0.4) is 0 Å². The quantitative estimate of drug-likeness (QED) is 0.850. The van der Waals surface area contributed by atoms with Crippen molar-refractivity contribution in [2.45, 2.75) is 31.8 Å². The van der Waals surface area contributed by atoms with Crippen LogP contribution in [0.5, 0.6) is 0 Å². The smallest absolute Gasteiger partial charge is 0.0587 e. The number of ether oxygens (including phenoxy) is 1. The molecule has 1 unspecified atom stereocenters. The molecule has 1 atom stereocenters. The molecule has 3 heteroatoms. The molecule has 84 valence electrons. The highest BCUT2D eigenvalue weighted by molar-refractivity contribution is 7.09. The lowest BCUT2D eigenvalue weighted by atomic mass is 10.1. The van der Waals surface area contributed by atoms with Gasteiger partial charge in [0, 0.05) is 11.3 Å². The van der Waals surface area contributed by atoms with Crippen LogP contribution >= 0.6 is 11.3 Å². The number of rotatable bonds is 4. The summed E-state index contributed by atoms with van der Waals surface area (Å²) in [5.74, 6) is 0. The fraction of sp³-hybridized carbons (Fsp3) is 0.667. The highest BCUT2D eigenvalue weighted by Crippen LogP contribution is 2.12. The maximum atomic E-state index is 5.90. The van der Waals surface area contributed by atoms with Crippen LogP contribution in [-0.2, 0) is 11.2 Å². The molecule has 1 N–H and O–H groups in total. The molecule has 0 radical (unpaired) electrons. The Hall–Kier alpha value is -0.380. The van der Waals surface area contributed by atoms with E-state index in [4.69, 9.17) is 4.74 Å². The van der Waals surface area contributed by atoms with Gasteiger partial charge >= 0.3 is 0 Å². The molecule has 0 amide bonds. The van der Waals surface area contributed by atoms with Crippen molar-refractivity contribution in [1.82, 2.24) is 5.32 Å². The van der Waals surface area contributed by atoms with Crippen LogP contribution in [0, 0.1) is 0 Å². The van der Waals surface area contributed by atoms with Gasteiger partial charge in [-0.1, -0.05) is 6.07 Å². The molecule has 1 fully saturated rings. The average molecular weight is 225 g/mol. The Morgan fingerprint density at radius 3 is 3.27 bits per heavy atom. The van der Waals surface area contributed by atoms with Gasteiger partial charge in [-0.05, 0) is 43.8 Å². The van der Waals surface area contributed by atoms with Crippen LogP contribution in [0.1, 0.15) is 24.1 Å². The Morgan fingerprint density at radius 1 is 1.40 bits per heavy atom. The van der Waals surface area contributed by atoms with E-state index in [1.54, 1.807) is 0 Å². The molecule has 1 aliphatic heterocycles. The van der Waals surface area contributed by atoms with Gasteiger partial charge in [0.1, 0.15) is 0 Å². The van der Waals surface area contributed by atoms with E-state index >= 15 is 0 Å². The zero-order valence-electron chi connectivity index (χ0n) is 9.08. The van der Waals surface area contributed by atoms with Gasteiger partial charge in [0.2, 0.25) is 0 Å². The lowest BCUT2D eigenvalue weighted by molar-refractivity contribution is 0.0478. The van der Waals surface area contributed by atoms with Crippen molar-refractivity contribution >= 4 is 11.3 Å². The lowest BCUT2D eigenvalue weighted by Gasteiger charge is -2.14. The van der Waals surface area contributed by atoms with Gasteiger partial charge in [-0.3, -0.25) is 0 Å². The number of hydrogen-bond donors (Lipinski definition) is 1. The van der Waals surface area contributed by atoms with Gasteiger partial charge in [0.05, 0.1) is 12.7 Å². The fourth-order valence-electron chi connectivity index (χ4n) is 1.93. The van der Waals surface area contributed by atoms with Crippen LogP contribution in [0.4, 0.5) is 0 Å². The van der Waals surface area contributed by atoms with Gasteiger partial charge in [0.15, 0.2) is 0 Å². The van der Waals surface area contributed by atoms with Crippen LogP contribution in [0.25, 0.3) is 0 Å². The normalized spacial score (nSPS) is 22.5. The summed E-state index contributed by atoms with van der Waals surface area (Å²) in [7, 11) is 0. The summed E-state index contributed by atoms with van der Waals surface area (Å²) in [6.45, 7) is 3.15. The van der Waals surface area contributed by atoms with Crippen LogP contribution < -0.4 is 5.32 Å². The first kappa shape index (κ1) is 11.1. The molecule has 0 aliphatic carbocycles. The minimum Gasteiger partial charge on any atom is -0.378 e. The SMILES string of the molecule is c1csc(CCOC2CCCNCC2)c1. The first-order valence-electron chi connectivity index (χ1n) is 5.80. The molecule has 2 rings (SSSR count). The molecule has 1 aromatic heterocycles. The lowest BCUT2D eigenvalue weighted by Crippen LogP contribution is -2.18. The van der Waals surface area contributed by atoms with Gasteiger partial charge < -0.3 is 10.1 Å². The second kappa shape index (κ2) is 6.26. The van der Waals surface area contributed by atoms with E-state index in [0.29, 0.717) is 6.10 Å². The third-order valence-electron chi connectivity index (χ3n) is 2.80. The third kappa shape index (κ3) is 3.93. The fourth-order valence-corrected chi connectivity index (χ4v) is 2.63. The summed E-state index contributed by atoms with van der Waals surface area (Å²) in [6, 6.07) is 4.29. The van der Waals surface area contributed by atoms with Crippen LogP contribution in [0.15, 0.2) is 17.5 Å². The highest BCUT2D eigenvalue weighted by Gasteiger charge is 2.11. The predicted molar refractivity (Wildman–Crippen MR) is 64.5 cm³/mol. The molecule has 2 heterocycles. The molecule has 0 saturated carbocycles. The van der Waals surface area contributed by atoms with E-state index in [-0.39, 0.29) is 0 Å². The number of nitrogens with one attached hydrogen (secondary N) is 1. The largest absolute Gasteiger partial charge is 0.378 e. The van der Waals surface area contributed by atoms with E-state index in [0.717, 1.165) is 26.1 Å². The molecule has 2 nitrogen and oxygen atoms in total. The molecule has 15 heavy (non-hydrogen) atoms. The molecule has 1 aromatic rings. The second-order valence-electron chi connectivity index (χ2n) is 4.00. The van der Waals surface area contributed by atoms with Gasteiger partial charge in [-0.2, -0.15) is 0 Å². The molecule has 1 saturated heterocycles. The van der Waals surface area contributed by atoms with Crippen molar-refractivity contribution < 1.29 is 4.74 Å². The average Bonchev–Trinajstić information content (AvgIpc) is 2.62. The van der Waals surface area contributed by atoms with Crippen molar-refractivity contribution in [2.75, 3.05) is 19.7 Å². The van der Waals surface area contributed by atoms with E-state index < -0.39 is 0 Å². The van der Waals surface area contributed by atoms with Crippen molar-refractivity contribution in [3.05, 3.63) is 22.4 Å². The maximum absolute atomic E-state index is 5.90. The van der Waals surface area contributed by atoms with Gasteiger partial charge in [-0.15, -0.1) is 11.3 Å². The van der Waals surface area contributed by atoms with E-state index in [1.807, 2.05) is 11.3 Å². The number of thiophene rings is 1.